The second kappa shape index (κ2) is 18.3. The molecule has 5 nitrogen and oxygen atoms in total. The van der Waals surface area contributed by atoms with Crippen LogP contribution in [0.4, 0.5) is 17.1 Å². The van der Waals surface area contributed by atoms with Crippen molar-refractivity contribution in [3.05, 3.63) is 198 Å². The van der Waals surface area contributed by atoms with Crippen LogP contribution >= 0.6 is 0 Å². The molecule has 0 aliphatic heterocycles. The molecule has 0 bridgehead atoms. The van der Waals surface area contributed by atoms with E-state index in [1.54, 1.807) is 6.07 Å². The second-order valence-corrected chi connectivity index (χ2v) is 20.7. The Labute approximate surface area is 411 Å². The summed E-state index contributed by atoms with van der Waals surface area (Å²) in [5.74, 6) is 0.840. The smallest absolute Gasteiger partial charge is 0.148 e. The number of aryl methyl sites for hydroxylation is 1. The predicted octanol–water partition coefficient (Wildman–Crippen LogP) is 16.3. The van der Waals surface area contributed by atoms with Crippen LogP contribution in [0.3, 0.4) is 0 Å². The van der Waals surface area contributed by atoms with Crippen molar-refractivity contribution in [2.75, 3.05) is 4.90 Å². The molecule has 0 saturated heterocycles. The maximum Gasteiger partial charge on any atom is 0.148 e. The molecule has 1 N–H and O–H groups in total. The number of hydrogen-bond donors (Lipinski definition) is 1. The molecular formula is C61H59N4OPt-. The van der Waals surface area contributed by atoms with Gasteiger partial charge in [0.2, 0.25) is 0 Å². The fourth-order valence-corrected chi connectivity index (χ4v) is 8.68. The van der Waals surface area contributed by atoms with Crippen LogP contribution in [-0.4, -0.2) is 19.6 Å². The Balaban J connectivity index is 0.00000608. The molecule has 6 heteroatoms. The summed E-state index contributed by atoms with van der Waals surface area (Å²) in [6.07, 6.45) is 1.90. The Kier molecular flexibility index (Phi) is 12.8. The van der Waals surface area contributed by atoms with E-state index in [1.807, 2.05) is 24.4 Å². The molecule has 0 aliphatic rings. The van der Waals surface area contributed by atoms with Gasteiger partial charge in [-0.3, -0.25) is 9.55 Å². The number of hydrogen-bond acceptors (Lipinski definition) is 4. The van der Waals surface area contributed by atoms with Crippen LogP contribution < -0.4 is 4.90 Å². The van der Waals surface area contributed by atoms with Gasteiger partial charge in [0.15, 0.2) is 0 Å². The standard InChI is InChI=1S/C61H59N4O.Pt/c1-40-20-19-21-41(30-40)42-28-29-62-54(34-42)44-31-43(32-50(33-44)64(48-22-13-11-14-23-48)49-24-15-12-16-25-49)53-38-47(61(8,9)10)39-55-57(53)63-58(52-26-17-18-27-56(52)66)65(55)51-36-45(59(2,3)4)35-46(37-51)60(5,6)7;/h11-30,32-39,66H,1-10H3;/q-1;. The van der Waals surface area contributed by atoms with Crippen molar-refractivity contribution in [1.82, 2.24) is 14.5 Å². The zero-order valence-corrected chi connectivity index (χ0v) is 42.5. The molecule has 0 fully saturated rings. The van der Waals surface area contributed by atoms with E-state index in [9.17, 15) is 5.11 Å². The number of nitrogens with zero attached hydrogens (tertiary/aromatic N) is 4. The van der Waals surface area contributed by atoms with Gasteiger partial charge in [0.05, 0.1) is 16.6 Å². The van der Waals surface area contributed by atoms with Gasteiger partial charge in [-0.2, -0.15) is 0 Å². The van der Waals surface area contributed by atoms with Crippen molar-refractivity contribution < 1.29 is 26.2 Å². The van der Waals surface area contributed by atoms with Gasteiger partial charge in [0, 0.05) is 50.0 Å². The molecule has 0 atom stereocenters. The summed E-state index contributed by atoms with van der Waals surface area (Å²) in [4.78, 5) is 12.9. The van der Waals surface area contributed by atoms with E-state index in [-0.39, 0.29) is 43.1 Å². The van der Waals surface area contributed by atoms with Gasteiger partial charge in [-0.25, -0.2) is 4.98 Å². The summed E-state index contributed by atoms with van der Waals surface area (Å²) in [6.45, 7) is 22.5. The van der Waals surface area contributed by atoms with E-state index in [0.717, 1.165) is 72.9 Å². The van der Waals surface area contributed by atoms with Crippen LogP contribution in [-0.2, 0) is 37.3 Å². The van der Waals surface area contributed by atoms with Crippen LogP contribution in [0.15, 0.2) is 170 Å². The average molecular weight is 1060 g/mol. The minimum absolute atomic E-state index is 0. The van der Waals surface area contributed by atoms with Gasteiger partial charge in [0.1, 0.15) is 11.6 Å². The Morgan fingerprint density at radius 1 is 0.522 bits per heavy atom. The number of anilines is 3. The van der Waals surface area contributed by atoms with Crippen LogP contribution in [0.2, 0.25) is 0 Å². The van der Waals surface area contributed by atoms with E-state index in [1.165, 1.54) is 16.7 Å². The maximum absolute atomic E-state index is 11.6. The molecule has 0 amide bonds. The number of aromatic nitrogens is 3. The zero-order chi connectivity index (χ0) is 46.5. The quantitative estimate of drug-likeness (QED) is 0.154. The summed E-state index contributed by atoms with van der Waals surface area (Å²) >= 11 is 0. The normalized spacial score (nSPS) is 12.0. The summed E-state index contributed by atoms with van der Waals surface area (Å²) in [6, 6.07) is 61.3. The van der Waals surface area contributed by atoms with Crippen LogP contribution in [0.1, 0.15) is 84.6 Å². The van der Waals surface area contributed by atoms with Crippen LogP contribution in [0.5, 0.6) is 5.75 Å². The summed E-state index contributed by atoms with van der Waals surface area (Å²) in [5.41, 5.74) is 16.5. The summed E-state index contributed by atoms with van der Waals surface area (Å²) < 4.78 is 2.27. The minimum atomic E-state index is -0.235. The monoisotopic (exact) mass is 1060 g/mol. The predicted molar refractivity (Wildman–Crippen MR) is 277 cm³/mol. The van der Waals surface area contributed by atoms with E-state index in [0.29, 0.717) is 11.4 Å². The topological polar surface area (TPSA) is 54.2 Å². The number of phenolic OH excluding ortho intramolecular Hbond substituents is 1. The largest absolute Gasteiger partial charge is 0.507 e. The molecule has 0 aliphatic carbocycles. The third-order valence-corrected chi connectivity index (χ3v) is 12.5. The first-order chi connectivity index (χ1) is 31.4. The Bertz CT molecular complexity index is 3150. The molecule has 9 rings (SSSR count). The first-order valence-corrected chi connectivity index (χ1v) is 23.0. The number of fused-ring (bicyclic) bond motifs is 1. The Hall–Kier alpha value is -6.55. The fourth-order valence-electron chi connectivity index (χ4n) is 8.68. The number of phenols is 1. The van der Waals surface area contributed by atoms with Crippen molar-refractivity contribution in [2.45, 2.75) is 85.5 Å². The first-order valence-electron chi connectivity index (χ1n) is 23.0. The first kappa shape index (κ1) is 47.0. The minimum Gasteiger partial charge on any atom is -0.507 e. The van der Waals surface area contributed by atoms with E-state index >= 15 is 0 Å². The number of benzene rings is 7. The molecule has 67 heavy (non-hydrogen) atoms. The maximum atomic E-state index is 11.6. The molecule has 0 saturated carbocycles. The van der Waals surface area contributed by atoms with Gasteiger partial charge < -0.3 is 10.0 Å². The van der Waals surface area contributed by atoms with Gasteiger partial charge in [0.25, 0.3) is 0 Å². The van der Waals surface area contributed by atoms with Crippen molar-refractivity contribution >= 4 is 28.1 Å². The second-order valence-electron chi connectivity index (χ2n) is 20.7. The molecular weight excluding hydrogens is 1000 g/mol. The summed E-state index contributed by atoms with van der Waals surface area (Å²) in [5, 5.41) is 11.6. The SMILES string of the molecule is Cc1cccc(-c2ccnc(-c3[c-]c(-c4cc(C(C)(C)C)cc5c4nc(-c4ccccc4O)n5-c4cc(C(C)(C)C)cc(C(C)(C)C)c4)cc(N(c4ccccc4)c4ccccc4)c3)c2)c1.[Pt]. The number of rotatable bonds is 8. The zero-order valence-electron chi connectivity index (χ0n) is 40.2. The van der Waals surface area contributed by atoms with Crippen molar-refractivity contribution in [2.24, 2.45) is 0 Å². The molecule has 9 aromatic rings. The average Bonchev–Trinajstić information content (AvgIpc) is 3.68. The van der Waals surface area contributed by atoms with Gasteiger partial charge in [-0.1, -0.05) is 170 Å². The number of imidazole rings is 1. The van der Waals surface area contributed by atoms with Crippen molar-refractivity contribution in [3.8, 4) is 56.3 Å². The number of aromatic hydroxyl groups is 1. The third-order valence-electron chi connectivity index (χ3n) is 12.5. The van der Waals surface area contributed by atoms with E-state index < -0.39 is 0 Å². The Morgan fingerprint density at radius 3 is 1.69 bits per heavy atom. The molecule has 7 aromatic carbocycles. The molecule has 2 heterocycles. The van der Waals surface area contributed by atoms with Crippen molar-refractivity contribution in [1.29, 1.82) is 0 Å². The van der Waals surface area contributed by atoms with Crippen LogP contribution in [0, 0.1) is 13.0 Å². The van der Waals surface area contributed by atoms with Crippen LogP contribution in [0.25, 0.3) is 61.6 Å². The molecule has 2 aromatic heterocycles. The molecule has 0 spiro atoms. The summed E-state index contributed by atoms with van der Waals surface area (Å²) in [7, 11) is 0. The molecule has 0 unspecified atom stereocenters. The number of pyridine rings is 1. The van der Waals surface area contributed by atoms with Crippen molar-refractivity contribution in [3.63, 3.8) is 0 Å². The van der Waals surface area contributed by atoms with Gasteiger partial charge in [-0.05, 0) is 117 Å². The van der Waals surface area contributed by atoms with E-state index in [4.69, 9.17) is 9.97 Å². The fraction of sp³-hybridized carbons (Fsp3) is 0.213. The van der Waals surface area contributed by atoms with E-state index in [2.05, 4.69) is 224 Å². The molecule has 0 radical (unpaired) electrons. The molecule has 340 valence electrons. The third kappa shape index (κ3) is 9.67. The van der Waals surface area contributed by atoms with Gasteiger partial charge >= 0.3 is 0 Å². The van der Waals surface area contributed by atoms with Gasteiger partial charge in [-0.15, -0.1) is 23.8 Å². The Morgan fingerprint density at radius 2 is 1.09 bits per heavy atom. The number of para-hydroxylation sites is 3.